The molecule has 2 aromatic carbocycles. The molecule has 1 fully saturated rings. The second kappa shape index (κ2) is 9.38. The van der Waals surface area contributed by atoms with E-state index in [-0.39, 0.29) is 35.7 Å². The van der Waals surface area contributed by atoms with E-state index in [0.717, 1.165) is 5.56 Å². The number of amides is 3. The monoisotopic (exact) mass is 514 g/mol. The normalized spacial score (nSPS) is 21.4. The lowest BCUT2D eigenvalue weighted by Crippen LogP contribution is -2.53. The Morgan fingerprint density at radius 3 is 2.83 bits per heavy atom. The summed E-state index contributed by atoms with van der Waals surface area (Å²) in [6.45, 7) is 3.96. The van der Waals surface area contributed by atoms with Crippen LogP contribution >= 0.6 is 11.6 Å². The number of carbonyl (C=O) groups is 2. The SMILES string of the molecule is COCCNCCCN1C(=O)N2[C@H](c3cccc(O)c3)c3[nH]c4cc(F)c(Cl)cc4c3C[C@@]2(C)C1=O. The Balaban J connectivity index is 1.56. The fourth-order valence-corrected chi connectivity index (χ4v) is 5.57. The number of hydrogen-bond donors (Lipinski definition) is 3. The first kappa shape index (κ1) is 24.5. The van der Waals surface area contributed by atoms with Gasteiger partial charge in [0.25, 0.3) is 5.91 Å². The molecule has 10 heteroatoms. The highest BCUT2D eigenvalue weighted by molar-refractivity contribution is 6.31. The second-order valence-electron chi connectivity index (χ2n) is 9.48. The van der Waals surface area contributed by atoms with Crippen LogP contribution in [-0.2, 0) is 16.0 Å². The van der Waals surface area contributed by atoms with Gasteiger partial charge in [-0.25, -0.2) is 9.18 Å². The Hall–Kier alpha value is -3.14. The minimum Gasteiger partial charge on any atom is -0.508 e. The Morgan fingerprint density at radius 1 is 1.28 bits per heavy atom. The van der Waals surface area contributed by atoms with Crippen molar-refractivity contribution in [1.82, 2.24) is 20.1 Å². The largest absolute Gasteiger partial charge is 0.508 e. The van der Waals surface area contributed by atoms with Gasteiger partial charge < -0.3 is 20.1 Å². The summed E-state index contributed by atoms with van der Waals surface area (Å²) >= 11 is 6.11. The predicted octanol–water partition coefficient (Wildman–Crippen LogP) is 3.96. The molecule has 190 valence electrons. The number of nitrogens with zero attached hydrogens (tertiary/aromatic N) is 2. The lowest BCUT2D eigenvalue weighted by atomic mass is 9.81. The van der Waals surface area contributed by atoms with E-state index >= 15 is 0 Å². The molecular formula is C26H28ClFN4O4. The number of rotatable bonds is 8. The molecule has 1 aromatic heterocycles. The highest BCUT2D eigenvalue weighted by Crippen LogP contribution is 2.49. The van der Waals surface area contributed by atoms with Gasteiger partial charge in [0.1, 0.15) is 23.1 Å². The van der Waals surface area contributed by atoms with Gasteiger partial charge >= 0.3 is 6.03 Å². The number of imide groups is 1. The number of aromatic amines is 1. The number of phenolic OH excluding ortho intramolecular Hbond substituents is 1. The van der Waals surface area contributed by atoms with Gasteiger partial charge in [-0.05, 0) is 55.3 Å². The number of fused-ring (bicyclic) bond motifs is 4. The number of phenols is 1. The van der Waals surface area contributed by atoms with E-state index in [9.17, 15) is 19.1 Å². The molecular weight excluding hydrogens is 487 g/mol. The lowest BCUT2D eigenvalue weighted by Gasteiger charge is -2.42. The fourth-order valence-electron chi connectivity index (χ4n) is 5.41. The van der Waals surface area contributed by atoms with Crippen molar-refractivity contribution in [3.8, 4) is 5.75 Å². The number of carbonyl (C=O) groups excluding carboxylic acids is 2. The van der Waals surface area contributed by atoms with Gasteiger partial charge in [-0.2, -0.15) is 0 Å². The summed E-state index contributed by atoms with van der Waals surface area (Å²) in [6, 6.07) is 8.45. The van der Waals surface area contributed by atoms with Crippen molar-refractivity contribution in [2.24, 2.45) is 0 Å². The van der Waals surface area contributed by atoms with E-state index in [1.54, 1.807) is 49.3 Å². The van der Waals surface area contributed by atoms with Crippen LogP contribution in [0.4, 0.5) is 9.18 Å². The summed E-state index contributed by atoms with van der Waals surface area (Å²) in [4.78, 5) is 33.7. The van der Waals surface area contributed by atoms with Crippen LogP contribution in [0, 0.1) is 5.82 Å². The molecule has 3 amide bonds. The molecule has 2 atom stereocenters. The van der Waals surface area contributed by atoms with Gasteiger partial charge in [0.2, 0.25) is 0 Å². The van der Waals surface area contributed by atoms with E-state index in [1.165, 1.54) is 11.0 Å². The van der Waals surface area contributed by atoms with E-state index in [2.05, 4.69) is 10.3 Å². The Bertz CT molecular complexity index is 1340. The van der Waals surface area contributed by atoms with Crippen LogP contribution in [0.3, 0.4) is 0 Å². The summed E-state index contributed by atoms with van der Waals surface area (Å²) in [7, 11) is 1.63. The highest BCUT2D eigenvalue weighted by Gasteiger charge is 2.60. The topological polar surface area (TPSA) is 97.9 Å². The average Bonchev–Trinajstić information content (AvgIpc) is 3.26. The molecule has 2 aliphatic rings. The molecule has 0 unspecified atom stereocenters. The number of urea groups is 1. The molecule has 0 aliphatic carbocycles. The van der Waals surface area contributed by atoms with Crippen molar-refractivity contribution in [2.45, 2.75) is 31.3 Å². The zero-order valence-corrected chi connectivity index (χ0v) is 20.9. The predicted molar refractivity (Wildman–Crippen MR) is 134 cm³/mol. The van der Waals surface area contributed by atoms with E-state index in [1.807, 2.05) is 0 Å². The van der Waals surface area contributed by atoms with Gasteiger partial charge in [-0.15, -0.1) is 0 Å². The molecule has 3 heterocycles. The molecule has 0 bridgehead atoms. The van der Waals surface area contributed by atoms with Gasteiger partial charge in [-0.1, -0.05) is 23.7 Å². The van der Waals surface area contributed by atoms with E-state index in [4.69, 9.17) is 16.3 Å². The Labute approximate surface area is 213 Å². The molecule has 8 nitrogen and oxygen atoms in total. The van der Waals surface area contributed by atoms with Crippen LogP contribution in [0.25, 0.3) is 10.9 Å². The first-order valence-electron chi connectivity index (χ1n) is 11.9. The number of aromatic nitrogens is 1. The maximum atomic E-state index is 14.3. The fraction of sp³-hybridized carbons (Fsp3) is 0.385. The van der Waals surface area contributed by atoms with Gasteiger partial charge in [0.05, 0.1) is 11.6 Å². The lowest BCUT2D eigenvalue weighted by molar-refractivity contribution is -0.133. The molecule has 36 heavy (non-hydrogen) atoms. The number of H-pyrrole nitrogens is 1. The number of nitrogens with one attached hydrogen (secondary N) is 2. The molecule has 5 rings (SSSR count). The molecule has 0 spiro atoms. The maximum Gasteiger partial charge on any atom is 0.328 e. The molecule has 3 aromatic rings. The number of methoxy groups -OCH3 is 1. The van der Waals surface area contributed by atoms with E-state index in [0.29, 0.717) is 48.3 Å². The number of aromatic hydroxyl groups is 1. The number of hydrogen-bond acceptors (Lipinski definition) is 5. The smallest absolute Gasteiger partial charge is 0.328 e. The average molecular weight is 515 g/mol. The van der Waals surface area contributed by atoms with E-state index < -0.39 is 17.4 Å². The first-order chi connectivity index (χ1) is 17.3. The summed E-state index contributed by atoms with van der Waals surface area (Å²) in [5.74, 6) is -0.785. The molecule has 1 saturated heterocycles. The summed E-state index contributed by atoms with van der Waals surface area (Å²) in [6.07, 6.45) is 0.859. The van der Waals surface area contributed by atoms with Crippen molar-refractivity contribution < 1.29 is 23.8 Å². The Morgan fingerprint density at radius 2 is 2.08 bits per heavy atom. The van der Waals surface area contributed by atoms with Crippen molar-refractivity contribution in [2.75, 3.05) is 33.4 Å². The summed E-state index contributed by atoms with van der Waals surface area (Å²) in [5, 5.41) is 14.1. The maximum absolute atomic E-state index is 14.3. The zero-order valence-electron chi connectivity index (χ0n) is 20.1. The van der Waals surface area contributed by atoms with Crippen LogP contribution in [0.1, 0.15) is 36.2 Å². The highest BCUT2D eigenvalue weighted by atomic mass is 35.5. The van der Waals surface area contributed by atoms with Crippen molar-refractivity contribution >= 4 is 34.4 Å². The van der Waals surface area contributed by atoms with Gasteiger partial charge in [0, 0.05) is 43.2 Å². The van der Waals surface area contributed by atoms with Gasteiger partial charge in [0.15, 0.2) is 0 Å². The molecule has 0 saturated carbocycles. The molecule has 2 aliphatic heterocycles. The quantitative estimate of drug-likeness (QED) is 0.312. The molecule has 3 N–H and O–H groups in total. The Kier molecular flexibility index (Phi) is 6.40. The third-order valence-corrected chi connectivity index (χ3v) is 7.40. The molecule has 0 radical (unpaired) electrons. The van der Waals surface area contributed by atoms with Crippen molar-refractivity contribution in [3.63, 3.8) is 0 Å². The van der Waals surface area contributed by atoms with Crippen LogP contribution in [0.2, 0.25) is 5.02 Å². The second-order valence-corrected chi connectivity index (χ2v) is 9.89. The van der Waals surface area contributed by atoms with Crippen LogP contribution < -0.4 is 5.32 Å². The van der Waals surface area contributed by atoms with Crippen LogP contribution in [0.15, 0.2) is 36.4 Å². The minimum atomic E-state index is -1.15. The van der Waals surface area contributed by atoms with Crippen molar-refractivity contribution in [3.05, 3.63) is 64.1 Å². The number of halogens is 2. The zero-order chi connectivity index (χ0) is 25.6. The summed E-state index contributed by atoms with van der Waals surface area (Å²) < 4.78 is 19.3. The summed E-state index contributed by atoms with van der Waals surface area (Å²) in [5.41, 5.74) is 1.52. The third kappa shape index (κ3) is 3.91. The van der Waals surface area contributed by atoms with Crippen molar-refractivity contribution in [1.29, 1.82) is 0 Å². The minimum absolute atomic E-state index is 0.0118. The standard InChI is InChI=1S/C26H28ClFN4O4/c1-26-14-18-17-12-19(27)20(28)13-21(17)30-22(18)23(15-5-3-6-16(33)11-15)32(26)25(35)31(24(26)34)9-4-7-29-8-10-36-2/h3,5-6,11-13,23,29-30,33H,4,7-10,14H2,1-2H3/t23-,26+/m1/s1. The van der Waals surface area contributed by atoms with Gasteiger partial charge in [-0.3, -0.25) is 14.6 Å². The third-order valence-electron chi connectivity index (χ3n) is 7.11. The van der Waals surface area contributed by atoms with Crippen LogP contribution in [-0.4, -0.2) is 70.7 Å². The number of ether oxygens (including phenoxy) is 1. The first-order valence-corrected chi connectivity index (χ1v) is 12.3. The van der Waals surface area contributed by atoms with Crippen LogP contribution in [0.5, 0.6) is 5.75 Å². The number of benzene rings is 2.